The molecule has 0 atom stereocenters. The molecule has 0 saturated carbocycles. The van der Waals surface area contributed by atoms with E-state index in [1.807, 2.05) is 44.2 Å². The molecule has 5 nitrogen and oxygen atoms in total. The number of likely N-dealkylation sites (tertiary alicyclic amines) is 1. The summed E-state index contributed by atoms with van der Waals surface area (Å²) in [5, 5.41) is 3.31. The van der Waals surface area contributed by atoms with Gasteiger partial charge in [-0.15, -0.1) is 0 Å². The molecule has 136 valence electrons. The van der Waals surface area contributed by atoms with Crippen LogP contribution in [0.4, 0.5) is 11.4 Å². The first-order valence-corrected chi connectivity index (χ1v) is 8.93. The minimum absolute atomic E-state index is 0.129. The Bertz CT molecular complexity index is 811. The van der Waals surface area contributed by atoms with Crippen molar-refractivity contribution in [3.63, 3.8) is 0 Å². The molecule has 1 aliphatic rings. The summed E-state index contributed by atoms with van der Waals surface area (Å²) in [5.74, 6) is -0.623. The Hall–Kier alpha value is -2.82. The monoisotopic (exact) mass is 352 g/mol. The van der Waals surface area contributed by atoms with Gasteiger partial charge in [-0.25, -0.2) is 4.79 Å². The van der Waals surface area contributed by atoms with Gasteiger partial charge in [-0.05, 0) is 56.0 Å². The molecule has 3 rings (SSSR count). The number of hydrogen-bond acceptors (Lipinski definition) is 4. The summed E-state index contributed by atoms with van der Waals surface area (Å²) in [6, 6.07) is 13.2. The number of rotatable bonds is 5. The smallest absolute Gasteiger partial charge is 0.340 e. The fourth-order valence-corrected chi connectivity index (χ4v) is 3.06. The second kappa shape index (κ2) is 8.04. The van der Waals surface area contributed by atoms with E-state index in [1.54, 1.807) is 17.0 Å². The van der Waals surface area contributed by atoms with E-state index in [-0.39, 0.29) is 12.5 Å². The van der Waals surface area contributed by atoms with Crippen LogP contribution in [0.5, 0.6) is 0 Å². The second-order valence-electron chi connectivity index (χ2n) is 6.58. The zero-order chi connectivity index (χ0) is 18.5. The predicted octanol–water partition coefficient (Wildman–Crippen LogP) is 3.83. The Morgan fingerprint density at radius 1 is 1.00 bits per heavy atom. The number of nitrogens with zero attached hydrogens (tertiary/aromatic N) is 1. The normalized spacial score (nSPS) is 13.5. The van der Waals surface area contributed by atoms with Gasteiger partial charge in [-0.3, -0.25) is 4.79 Å². The van der Waals surface area contributed by atoms with Gasteiger partial charge < -0.3 is 15.0 Å². The maximum atomic E-state index is 12.5. The largest absolute Gasteiger partial charge is 0.452 e. The highest BCUT2D eigenvalue weighted by Crippen LogP contribution is 2.25. The number of anilines is 2. The number of esters is 1. The number of para-hydroxylation sites is 1. The van der Waals surface area contributed by atoms with Crippen molar-refractivity contribution in [1.82, 2.24) is 4.90 Å². The number of carbonyl (C=O) groups excluding carboxylic acids is 2. The van der Waals surface area contributed by atoms with E-state index in [0.29, 0.717) is 11.3 Å². The number of hydrogen-bond donors (Lipinski definition) is 1. The number of amides is 1. The van der Waals surface area contributed by atoms with Crippen LogP contribution in [0.3, 0.4) is 0 Å². The highest BCUT2D eigenvalue weighted by Gasteiger charge is 2.20. The minimum atomic E-state index is -0.494. The summed E-state index contributed by atoms with van der Waals surface area (Å²) in [4.78, 5) is 26.3. The van der Waals surface area contributed by atoms with Gasteiger partial charge in [0.1, 0.15) is 0 Å². The maximum Gasteiger partial charge on any atom is 0.340 e. The van der Waals surface area contributed by atoms with Crippen LogP contribution in [0.2, 0.25) is 0 Å². The van der Waals surface area contributed by atoms with Gasteiger partial charge in [0.25, 0.3) is 5.91 Å². The highest BCUT2D eigenvalue weighted by atomic mass is 16.5. The summed E-state index contributed by atoms with van der Waals surface area (Å²) in [6.45, 7) is 5.37. The van der Waals surface area contributed by atoms with Crippen LogP contribution in [-0.2, 0) is 9.53 Å². The fourth-order valence-electron chi connectivity index (χ4n) is 3.06. The van der Waals surface area contributed by atoms with Crippen molar-refractivity contribution in [3.05, 3.63) is 59.2 Å². The molecule has 26 heavy (non-hydrogen) atoms. The Balaban J connectivity index is 1.71. The van der Waals surface area contributed by atoms with E-state index in [1.165, 1.54) is 5.56 Å². The van der Waals surface area contributed by atoms with Crippen LogP contribution >= 0.6 is 0 Å². The molecule has 2 aromatic rings. The SMILES string of the molecule is Cc1cccc(Nc2ccccc2C(=O)OCC(=O)N2CCCC2)c1C. The van der Waals surface area contributed by atoms with Crippen LogP contribution in [0.1, 0.15) is 34.3 Å². The zero-order valence-corrected chi connectivity index (χ0v) is 15.2. The molecule has 1 heterocycles. The maximum absolute atomic E-state index is 12.5. The molecule has 0 aromatic heterocycles. The lowest BCUT2D eigenvalue weighted by molar-refractivity contribution is -0.133. The summed E-state index contributed by atoms with van der Waals surface area (Å²) in [6.07, 6.45) is 2.03. The Labute approximate surface area is 154 Å². The molecule has 0 bridgehead atoms. The van der Waals surface area contributed by atoms with Crippen molar-refractivity contribution >= 4 is 23.3 Å². The van der Waals surface area contributed by atoms with Gasteiger partial charge in [0, 0.05) is 18.8 Å². The van der Waals surface area contributed by atoms with Crippen molar-refractivity contribution in [2.24, 2.45) is 0 Å². The minimum Gasteiger partial charge on any atom is -0.452 e. The van der Waals surface area contributed by atoms with Crippen LogP contribution in [0.25, 0.3) is 0 Å². The lowest BCUT2D eigenvalue weighted by atomic mass is 10.1. The number of nitrogens with one attached hydrogen (secondary N) is 1. The molecule has 0 radical (unpaired) electrons. The second-order valence-corrected chi connectivity index (χ2v) is 6.58. The van der Waals surface area contributed by atoms with Crippen LogP contribution in [0, 0.1) is 13.8 Å². The average Bonchev–Trinajstić information content (AvgIpc) is 3.18. The number of carbonyl (C=O) groups is 2. The van der Waals surface area contributed by atoms with Crippen molar-refractivity contribution < 1.29 is 14.3 Å². The molecule has 1 amide bonds. The molecule has 2 aromatic carbocycles. The fraction of sp³-hybridized carbons (Fsp3) is 0.333. The quantitative estimate of drug-likeness (QED) is 0.831. The highest BCUT2D eigenvalue weighted by molar-refractivity contribution is 5.97. The van der Waals surface area contributed by atoms with E-state index in [9.17, 15) is 9.59 Å². The lowest BCUT2D eigenvalue weighted by Crippen LogP contribution is -2.32. The van der Waals surface area contributed by atoms with Crippen molar-refractivity contribution in [1.29, 1.82) is 0 Å². The molecule has 0 aliphatic carbocycles. The molecule has 1 N–H and O–H groups in total. The molecule has 1 aliphatic heterocycles. The summed E-state index contributed by atoms with van der Waals surface area (Å²) >= 11 is 0. The molecule has 1 fully saturated rings. The van der Waals surface area contributed by atoms with Crippen LogP contribution < -0.4 is 5.32 Å². The van der Waals surface area contributed by atoms with E-state index in [2.05, 4.69) is 5.32 Å². The van der Waals surface area contributed by atoms with Gasteiger partial charge in [0.15, 0.2) is 6.61 Å². The topological polar surface area (TPSA) is 58.6 Å². The van der Waals surface area contributed by atoms with E-state index >= 15 is 0 Å². The molecular weight excluding hydrogens is 328 g/mol. The summed E-state index contributed by atoms with van der Waals surface area (Å²) < 4.78 is 5.26. The van der Waals surface area contributed by atoms with Crippen molar-refractivity contribution in [2.45, 2.75) is 26.7 Å². The molecule has 0 spiro atoms. The Morgan fingerprint density at radius 2 is 1.69 bits per heavy atom. The standard InChI is InChI=1S/C21H24N2O3/c1-15-8-7-11-18(16(15)2)22-19-10-4-3-9-17(19)21(25)26-14-20(24)23-12-5-6-13-23/h3-4,7-11,22H,5-6,12-14H2,1-2H3. The lowest BCUT2D eigenvalue weighted by Gasteiger charge is -2.16. The predicted molar refractivity (Wildman–Crippen MR) is 102 cm³/mol. The molecule has 5 heteroatoms. The average molecular weight is 352 g/mol. The van der Waals surface area contributed by atoms with Gasteiger partial charge >= 0.3 is 5.97 Å². The third kappa shape index (κ3) is 4.04. The van der Waals surface area contributed by atoms with Crippen molar-refractivity contribution in [2.75, 3.05) is 25.0 Å². The Morgan fingerprint density at radius 3 is 2.46 bits per heavy atom. The molecular formula is C21H24N2O3. The van der Waals surface area contributed by atoms with Crippen molar-refractivity contribution in [3.8, 4) is 0 Å². The van der Waals surface area contributed by atoms with E-state index < -0.39 is 5.97 Å². The summed E-state index contributed by atoms with van der Waals surface area (Å²) in [5.41, 5.74) is 4.33. The Kier molecular flexibility index (Phi) is 5.56. The molecule has 0 unspecified atom stereocenters. The third-order valence-electron chi connectivity index (χ3n) is 4.81. The van der Waals surface area contributed by atoms with Crippen LogP contribution in [0.15, 0.2) is 42.5 Å². The van der Waals surface area contributed by atoms with E-state index in [4.69, 9.17) is 4.74 Å². The van der Waals surface area contributed by atoms with Gasteiger partial charge in [-0.1, -0.05) is 24.3 Å². The van der Waals surface area contributed by atoms with Crippen LogP contribution in [-0.4, -0.2) is 36.5 Å². The zero-order valence-electron chi connectivity index (χ0n) is 15.2. The first-order valence-electron chi connectivity index (χ1n) is 8.93. The first-order chi connectivity index (χ1) is 12.6. The number of benzene rings is 2. The summed E-state index contributed by atoms with van der Waals surface area (Å²) in [7, 11) is 0. The number of ether oxygens (including phenoxy) is 1. The third-order valence-corrected chi connectivity index (χ3v) is 4.81. The number of aryl methyl sites for hydroxylation is 1. The first kappa shape index (κ1) is 18.0. The van der Waals surface area contributed by atoms with Gasteiger partial charge in [-0.2, -0.15) is 0 Å². The van der Waals surface area contributed by atoms with Gasteiger partial charge in [0.2, 0.25) is 0 Å². The van der Waals surface area contributed by atoms with E-state index in [0.717, 1.165) is 37.2 Å². The van der Waals surface area contributed by atoms with Gasteiger partial charge in [0.05, 0.1) is 11.3 Å². The molecule has 1 saturated heterocycles.